The lowest BCUT2D eigenvalue weighted by molar-refractivity contribution is 0.153. The zero-order chi connectivity index (χ0) is 13.8. The van der Waals surface area contributed by atoms with Gasteiger partial charge in [-0.05, 0) is 52.0 Å². The molecule has 2 unspecified atom stereocenters. The van der Waals surface area contributed by atoms with Crippen molar-refractivity contribution in [1.82, 2.24) is 9.80 Å². The second-order valence-corrected chi connectivity index (χ2v) is 5.56. The monoisotopic (exact) mass is 265 g/mol. The summed E-state index contributed by atoms with van der Waals surface area (Å²) in [6.07, 6.45) is 2.62. The molecule has 0 bridgehead atoms. The highest BCUT2D eigenvalue weighted by molar-refractivity contribution is 5.10. The molecule has 0 aromatic carbocycles. The lowest BCUT2D eigenvalue weighted by Gasteiger charge is -2.31. The Labute approximate surface area is 116 Å². The fraction of sp³-hybridized carbons (Fsp3) is 0.733. The molecule has 1 aromatic rings. The van der Waals surface area contributed by atoms with E-state index in [1.165, 1.54) is 19.4 Å². The molecule has 19 heavy (non-hydrogen) atoms. The van der Waals surface area contributed by atoms with Gasteiger partial charge in [-0.25, -0.2) is 0 Å². The maximum atomic E-state index is 5.94. The Bertz CT molecular complexity index is 390. The van der Waals surface area contributed by atoms with E-state index < -0.39 is 0 Å². The number of nitrogens with zero attached hydrogens (tertiary/aromatic N) is 2. The third kappa shape index (κ3) is 3.38. The zero-order valence-corrected chi connectivity index (χ0v) is 12.4. The minimum absolute atomic E-state index is 0.188. The molecule has 108 valence electrons. The first kappa shape index (κ1) is 14.6. The highest BCUT2D eigenvalue weighted by Gasteiger charge is 2.27. The molecule has 0 amide bonds. The summed E-state index contributed by atoms with van der Waals surface area (Å²) < 4.78 is 5.74. The van der Waals surface area contributed by atoms with Crippen LogP contribution in [-0.4, -0.2) is 49.1 Å². The molecule has 1 aliphatic rings. The predicted molar refractivity (Wildman–Crippen MR) is 78.1 cm³/mol. The van der Waals surface area contributed by atoms with E-state index in [0.717, 1.165) is 24.6 Å². The summed E-state index contributed by atoms with van der Waals surface area (Å²) in [5.74, 6) is 1.95. The van der Waals surface area contributed by atoms with E-state index in [1.54, 1.807) is 0 Å². The number of hydrogen-bond donors (Lipinski definition) is 1. The van der Waals surface area contributed by atoms with Gasteiger partial charge >= 0.3 is 0 Å². The first-order valence-corrected chi connectivity index (χ1v) is 7.36. The van der Waals surface area contributed by atoms with E-state index in [-0.39, 0.29) is 6.04 Å². The van der Waals surface area contributed by atoms with Crippen LogP contribution in [0.4, 0.5) is 0 Å². The van der Waals surface area contributed by atoms with E-state index >= 15 is 0 Å². The van der Waals surface area contributed by atoms with Crippen LogP contribution in [0.15, 0.2) is 16.5 Å². The van der Waals surface area contributed by atoms with Crippen molar-refractivity contribution in [3.05, 3.63) is 23.7 Å². The summed E-state index contributed by atoms with van der Waals surface area (Å²) in [4.78, 5) is 4.91. The van der Waals surface area contributed by atoms with Crippen LogP contribution in [0.2, 0.25) is 0 Å². The molecule has 2 heterocycles. The van der Waals surface area contributed by atoms with Crippen LogP contribution in [0.1, 0.15) is 37.3 Å². The normalized spacial score (nSPS) is 22.3. The quantitative estimate of drug-likeness (QED) is 0.854. The Morgan fingerprint density at radius 3 is 2.89 bits per heavy atom. The van der Waals surface area contributed by atoms with E-state index in [0.29, 0.717) is 12.6 Å². The topological polar surface area (TPSA) is 45.6 Å². The van der Waals surface area contributed by atoms with Gasteiger partial charge in [0.05, 0.1) is 6.04 Å². The fourth-order valence-electron chi connectivity index (χ4n) is 3.12. The Kier molecular flexibility index (Phi) is 5.02. The standard InChI is InChI=1S/C15H27N3O/c1-4-18-9-5-6-13(18)11-17(3)14(10-16)15-8-7-12(2)19-15/h7-8,13-14H,4-6,9-11,16H2,1-3H3. The van der Waals surface area contributed by atoms with Gasteiger partial charge in [0.15, 0.2) is 0 Å². The van der Waals surface area contributed by atoms with Gasteiger partial charge in [-0.1, -0.05) is 6.92 Å². The molecule has 0 radical (unpaired) electrons. The first-order chi connectivity index (χ1) is 9.15. The lowest BCUT2D eigenvalue weighted by atomic mass is 10.1. The summed E-state index contributed by atoms with van der Waals surface area (Å²) >= 11 is 0. The maximum absolute atomic E-state index is 5.94. The van der Waals surface area contributed by atoms with E-state index in [1.807, 2.05) is 13.0 Å². The molecule has 1 saturated heterocycles. The molecule has 0 aliphatic carbocycles. The lowest BCUT2D eigenvalue weighted by Crippen LogP contribution is -2.41. The number of likely N-dealkylation sites (N-methyl/N-ethyl adjacent to an activating group) is 2. The van der Waals surface area contributed by atoms with E-state index in [2.05, 4.69) is 29.8 Å². The smallest absolute Gasteiger partial charge is 0.122 e. The van der Waals surface area contributed by atoms with Crippen molar-refractivity contribution in [2.24, 2.45) is 5.73 Å². The van der Waals surface area contributed by atoms with Crippen molar-refractivity contribution in [1.29, 1.82) is 0 Å². The highest BCUT2D eigenvalue weighted by atomic mass is 16.3. The van der Waals surface area contributed by atoms with Crippen LogP contribution >= 0.6 is 0 Å². The molecule has 0 spiro atoms. The van der Waals surface area contributed by atoms with Gasteiger partial charge in [0, 0.05) is 19.1 Å². The summed E-state index contributed by atoms with van der Waals surface area (Å²) in [6, 6.07) is 4.92. The van der Waals surface area contributed by atoms with Crippen molar-refractivity contribution < 1.29 is 4.42 Å². The predicted octanol–water partition coefficient (Wildman–Crippen LogP) is 2.00. The molecule has 2 N–H and O–H groups in total. The minimum atomic E-state index is 0.188. The molecule has 4 nitrogen and oxygen atoms in total. The minimum Gasteiger partial charge on any atom is -0.465 e. The number of furan rings is 1. The molecule has 1 aliphatic heterocycles. The first-order valence-electron chi connectivity index (χ1n) is 7.36. The largest absolute Gasteiger partial charge is 0.465 e. The number of rotatable bonds is 6. The van der Waals surface area contributed by atoms with Gasteiger partial charge in [0.1, 0.15) is 11.5 Å². The molecule has 2 atom stereocenters. The van der Waals surface area contributed by atoms with Crippen molar-refractivity contribution in [3.8, 4) is 0 Å². The van der Waals surface area contributed by atoms with Gasteiger partial charge in [0.2, 0.25) is 0 Å². The maximum Gasteiger partial charge on any atom is 0.122 e. The van der Waals surface area contributed by atoms with Crippen LogP contribution in [0, 0.1) is 6.92 Å². The van der Waals surface area contributed by atoms with Crippen molar-refractivity contribution in [2.75, 3.05) is 33.2 Å². The van der Waals surface area contributed by atoms with E-state index in [4.69, 9.17) is 10.2 Å². The second-order valence-electron chi connectivity index (χ2n) is 5.56. The summed E-state index contributed by atoms with van der Waals surface area (Å²) in [5.41, 5.74) is 5.94. The summed E-state index contributed by atoms with van der Waals surface area (Å²) in [7, 11) is 2.15. The van der Waals surface area contributed by atoms with Crippen LogP contribution in [-0.2, 0) is 0 Å². The van der Waals surface area contributed by atoms with Crippen LogP contribution in [0.5, 0.6) is 0 Å². The Morgan fingerprint density at radius 1 is 1.53 bits per heavy atom. The second kappa shape index (κ2) is 6.55. The third-order valence-electron chi connectivity index (χ3n) is 4.25. The Hall–Kier alpha value is -0.840. The van der Waals surface area contributed by atoms with Crippen LogP contribution in [0.25, 0.3) is 0 Å². The number of likely N-dealkylation sites (tertiary alicyclic amines) is 1. The molecular weight excluding hydrogens is 238 g/mol. The van der Waals surface area contributed by atoms with Gasteiger partial charge in [-0.2, -0.15) is 0 Å². The third-order valence-corrected chi connectivity index (χ3v) is 4.25. The van der Waals surface area contributed by atoms with Gasteiger partial charge < -0.3 is 10.2 Å². The van der Waals surface area contributed by atoms with Gasteiger partial charge in [-0.3, -0.25) is 9.80 Å². The Morgan fingerprint density at radius 2 is 2.32 bits per heavy atom. The molecule has 4 heteroatoms. The number of nitrogens with two attached hydrogens (primary N) is 1. The van der Waals surface area contributed by atoms with Crippen LogP contribution < -0.4 is 5.73 Å². The van der Waals surface area contributed by atoms with Crippen molar-refractivity contribution >= 4 is 0 Å². The molecule has 0 saturated carbocycles. The summed E-state index contributed by atoms with van der Waals surface area (Å²) in [5, 5.41) is 0. The number of hydrogen-bond acceptors (Lipinski definition) is 4. The molecule has 1 aromatic heterocycles. The summed E-state index contributed by atoms with van der Waals surface area (Å²) in [6.45, 7) is 8.27. The van der Waals surface area contributed by atoms with Gasteiger partial charge in [-0.15, -0.1) is 0 Å². The highest BCUT2D eigenvalue weighted by Crippen LogP contribution is 2.24. The Balaban J connectivity index is 1.99. The molecular formula is C15H27N3O. The fourth-order valence-corrected chi connectivity index (χ4v) is 3.12. The van der Waals surface area contributed by atoms with Gasteiger partial charge in [0.25, 0.3) is 0 Å². The average molecular weight is 265 g/mol. The number of aryl methyl sites for hydroxylation is 1. The van der Waals surface area contributed by atoms with Crippen molar-refractivity contribution in [3.63, 3.8) is 0 Å². The zero-order valence-electron chi connectivity index (χ0n) is 12.4. The molecule has 1 fully saturated rings. The molecule has 2 rings (SSSR count). The van der Waals surface area contributed by atoms with Crippen molar-refractivity contribution in [2.45, 2.75) is 38.8 Å². The average Bonchev–Trinajstić information content (AvgIpc) is 2.99. The van der Waals surface area contributed by atoms with Crippen LogP contribution in [0.3, 0.4) is 0 Å². The SMILES string of the molecule is CCN1CCCC1CN(C)C(CN)c1ccc(C)o1. The van der Waals surface area contributed by atoms with E-state index in [9.17, 15) is 0 Å².